The van der Waals surface area contributed by atoms with Crippen LogP contribution in [-0.4, -0.2) is 6.04 Å². The molecule has 0 amide bonds. The van der Waals surface area contributed by atoms with E-state index in [1.807, 2.05) is 0 Å². The zero-order valence-electron chi connectivity index (χ0n) is 8.72. The van der Waals surface area contributed by atoms with Gasteiger partial charge in [0.2, 0.25) is 0 Å². The molecular weight excluding hydrogens is 146 g/mol. The largest absolute Gasteiger partial charge is 0.327 e. The highest BCUT2D eigenvalue weighted by Gasteiger charge is 2.30. The van der Waals surface area contributed by atoms with E-state index in [1.54, 1.807) is 0 Å². The molecule has 1 heteroatoms. The Bertz CT molecular complexity index is 133. The van der Waals surface area contributed by atoms with Crippen LogP contribution in [0.2, 0.25) is 0 Å². The first-order valence-electron chi connectivity index (χ1n) is 5.40. The molecule has 4 atom stereocenters. The Kier molecular flexibility index (Phi) is 3.57. The second-order valence-electron chi connectivity index (χ2n) is 4.61. The number of hydrogen-bond donors (Lipinski definition) is 1. The summed E-state index contributed by atoms with van der Waals surface area (Å²) < 4.78 is 0. The Morgan fingerprint density at radius 2 is 2.08 bits per heavy atom. The van der Waals surface area contributed by atoms with Crippen LogP contribution in [0.15, 0.2) is 0 Å². The van der Waals surface area contributed by atoms with Gasteiger partial charge in [-0.2, -0.15) is 0 Å². The third-order valence-electron chi connectivity index (χ3n) is 3.69. The van der Waals surface area contributed by atoms with E-state index >= 15 is 0 Å². The first-order valence-corrected chi connectivity index (χ1v) is 5.40. The molecule has 1 rings (SSSR count). The van der Waals surface area contributed by atoms with Crippen LogP contribution in [0, 0.1) is 17.8 Å². The Morgan fingerprint density at radius 1 is 1.42 bits per heavy atom. The minimum atomic E-state index is 0.485. The summed E-state index contributed by atoms with van der Waals surface area (Å²) in [6, 6.07) is 0.485. The van der Waals surface area contributed by atoms with Gasteiger partial charge in [0.05, 0.1) is 0 Å². The summed E-state index contributed by atoms with van der Waals surface area (Å²) in [5.74, 6) is 2.57. The minimum absolute atomic E-state index is 0.485. The molecule has 1 aliphatic carbocycles. The van der Waals surface area contributed by atoms with E-state index in [9.17, 15) is 0 Å². The van der Waals surface area contributed by atoms with Crippen molar-refractivity contribution < 1.29 is 0 Å². The van der Waals surface area contributed by atoms with Crippen LogP contribution < -0.4 is 5.73 Å². The molecule has 1 nitrogen and oxygen atoms in total. The Balaban J connectivity index is 2.33. The maximum absolute atomic E-state index is 5.99. The lowest BCUT2D eigenvalue weighted by Gasteiger charge is -2.20. The molecule has 0 aromatic carbocycles. The SMILES string of the molecule is CCC(C)CC1CCC(N)C1C. The maximum Gasteiger partial charge on any atom is 0.00672 e. The Hall–Kier alpha value is -0.0400. The van der Waals surface area contributed by atoms with Gasteiger partial charge in [0, 0.05) is 6.04 Å². The van der Waals surface area contributed by atoms with Crippen LogP contribution in [0.25, 0.3) is 0 Å². The summed E-state index contributed by atoms with van der Waals surface area (Å²) in [5.41, 5.74) is 5.99. The van der Waals surface area contributed by atoms with Crippen molar-refractivity contribution in [1.29, 1.82) is 0 Å². The van der Waals surface area contributed by atoms with E-state index in [0.29, 0.717) is 6.04 Å². The molecule has 0 bridgehead atoms. The van der Waals surface area contributed by atoms with Crippen LogP contribution in [0.3, 0.4) is 0 Å². The van der Waals surface area contributed by atoms with Crippen molar-refractivity contribution in [1.82, 2.24) is 0 Å². The quantitative estimate of drug-likeness (QED) is 0.690. The zero-order valence-corrected chi connectivity index (χ0v) is 8.72. The summed E-state index contributed by atoms with van der Waals surface area (Å²) in [7, 11) is 0. The molecule has 4 unspecified atom stereocenters. The first kappa shape index (κ1) is 10.0. The van der Waals surface area contributed by atoms with Crippen LogP contribution in [0.5, 0.6) is 0 Å². The molecule has 0 aromatic heterocycles. The van der Waals surface area contributed by atoms with Crippen molar-refractivity contribution in [3.05, 3.63) is 0 Å². The smallest absolute Gasteiger partial charge is 0.00672 e. The highest BCUT2D eigenvalue weighted by molar-refractivity contribution is 4.85. The van der Waals surface area contributed by atoms with Gasteiger partial charge in [-0.25, -0.2) is 0 Å². The molecule has 0 saturated heterocycles. The van der Waals surface area contributed by atoms with E-state index in [1.165, 1.54) is 25.7 Å². The normalized spacial score (nSPS) is 38.5. The molecule has 0 heterocycles. The van der Waals surface area contributed by atoms with Gasteiger partial charge in [-0.3, -0.25) is 0 Å². The topological polar surface area (TPSA) is 26.0 Å². The van der Waals surface area contributed by atoms with E-state index in [2.05, 4.69) is 20.8 Å². The van der Waals surface area contributed by atoms with Crippen molar-refractivity contribution in [3.8, 4) is 0 Å². The molecule has 0 aliphatic heterocycles. The lowest BCUT2D eigenvalue weighted by Crippen LogP contribution is -2.25. The molecular formula is C11H23N. The van der Waals surface area contributed by atoms with E-state index < -0.39 is 0 Å². The minimum Gasteiger partial charge on any atom is -0.327 e. The molecule has 1 fully saturated rings. The molecule has 0 radical (unpaired) electrons. The van der Waals surface area contributed by atoms with Crippen LogP contribution >= 0.6 is 0 Å². The number of hydrogen-bond acceptors (Lipinski definition) is 1. The van der Waals surface area contributed by atoms with Gasteiger partial charge in [-0.15, -0.1) is 0 Å². The molecule has 72 valence electrons. The fourth-order valence-electron chi connectivity index (χ4n) is 2.30. The van der Waals surface area contributed by atoms with Crippen LogP contribution in [0.1, 0.15) is 46.5 Å². The highest BCUT2D eigenvalue weighted by Crippen LogP contribution is 2.35. The summed E-state index contributed by atoms with van der Waals surface area (Å²) in [6.45, 7) is 6.96. The highest BCUT2D eigenvalue weighted by atomic mass is 14.7. The lowest BCUT2D eigenvalue weighted by atomic mass is 9.87. The fourth-order valence-corrected chi connectivity index (χ4v) is 2.30. The second kappa shape index (κ2) is 4.27. The van der Waals surface area contributed by atoms with Crippen LogP contribution in [0.4, 0.5) is 0 Å². The standard InChI is InChI=1S/C11H23N/c1-4-8(2)7-10-5-6-11(12)9(10)3/h8-11H,4-7,12H2,1-3H3. The molecule has 2 N–H and O–H groups in total. The summed E-state index contributed by atoms with van der Waals surface area (Å²) >= 11 is 0. The average Bonchev–Trinajstić information content (AvgIpc) is 2.36. The lowest BCUT2D eigenvalue weighted by molar-refractivity contribution is 0.313. The van der Waals surface area contributed by atoms with E-state index in [0.717, 1.165) is 17.8 Å². The molecule has 1 aliphatic rings. The Labute approximate surface area is 76.7 Å². The zero-order chi connectivity index (χ0) is 9.14. The predicted molar refractivity (Wildman–Crippen MR) is 53.9 cm³/mol. The molecule has 0 aromatic rings. The van der Waals surface area contributed by atoms with Gasteiger partial charge >= 0.3 is 0 Å². The predicted octanol–water partition coefficient (Wildman–Crippen LogP) is 2.80. The van der Waals surface area contributed by atoms with Gasteiger partial charge < -0.3 is 5.73 Å². The van der Waals surface area contributed by atoms with Gasteiger partial charge in [0.1, 0.15) is 0 Å². The van der Waals surface area contributed by atoms with Gasteiger partial charge in [0.25, 0.3) is 0 Å². The molecule has 12 heavy (non-hydrogen) atoms. The fraction of sp³-hybridized carbons (Fsp3) is 1.00. The van der Waals surface area contributed by atoms with E-state index in [4.69, 9.17) is 5.73 Å². The van der Waals surface area contributed by atoms with Crippen molar-refractivity contribution in [2.75, 3.05) is 0 Å². The van der Waals surface area contributed by atoms with E-state index in [-0.39, 0.29) is 0 Å². The van der Waals surface area contributed by atoms with Crippen LogP contribution in [-0.2, 0) is 0 Å². The molecule has 1 saturated carbocycles. The summed E-state index contributed by atoms with van der Waals surface area (Å²) in [4.78, 5) is 0. The third kappa shape index (κ3) is 2.22. The number of rotatable bonds is 3. The van der Waals surface area contributed by atoms with Crippen molar-refractivity contribution >= 4 is 0 Å². The van der Waals surface area contributed by atoms with Crippen molar-refractivity contribution in [2.45, 2.75) is 52.5 Å². The average molecular weight is 169 g/mol. The summed E-state index contributed by atoms with van der Waals surface area (Å²) in [6.07, 6.45) is 5.33. The maximum atomic E-state index is 5.99. The number of nitrogens with two attached hydrogens (primary N) is 1. The Morgan fingerprint density at radius 3 is 2.50 bits per heavy atom. The van der Waals surface area contributed by atoms with Gasteiger partial charge in [-0.1, -0.05) is 27.2 Å². The third-order valence-corrected chi connectivity index (χ3v) is 3.69. The van der Waals surface area contributed by atoms with Gasteiger partial charge in [-0.05, 0) is 37.0 Å². The second-order valence-corrected chi connectivity index (χ2v) is 4.61. The monoisotopic (exact) mass is 169 g/mol. The summed E-state index contributed by atoms with van der Waals surface area (Å²) in [5, 5.41) is 0. The van der Waals surface area contributed by atoms with Gasteiger partial charge in [0.15, 0.2) is 0 Å². The van der Waals surface area contributed by atoms with Crippen molar-refractivity contribution in [2.24, 2.45) is 23.5 Å². The first-order chi connectivity index (χ1) is 5.65. The molecule has 0 spiro atoms. The van der Waals surface area contributed by atoms with Crippen molar-refractivity contribution in [3.63, 3.8) is 0 Å².